The predicted molar refractivity (Wildman–Crippen MR) is 109 cm³/mol. The molecule has 8 heteroatoms. The zero-order chi connectivity index (χ0) is 19.4. The van der Waals surface area contributed by atoms with Gasteiger partial charge in [0.1, 0.15) is 17.7 Å². The number of hydrogen-bond donors (Lipinski definition) is 0. The van der Waals surface area contributed by atoms with Crippen LogP contribution in [0, 0.1) is 5.92 Å². The number of thiophene rings is 1. The molecule has 4 heterocycles. The first-order valence-corrected chi connectivity index (χ1v) is 11.0. The molecule has 2 atom stereocenters. The smallest absolute Gasteiger partial charge is 0.338 e. The van der Waals surface area contributed by atoms with Gasteiger partial charge in [0.05, 0.1) is 5.39 Å². The summed E-state index contributed by atoms with van der Waals surface area (Å²) in [7, 11) is 0. The lowest BCUT2D eigenvalue weighted by atomic mass is 9.89. The van der Waals surface area contributed by atoms with Gasteiger partial charge in [0, 0.05) is 17.5 Å². The number of fused-ring (bicyclic) bond motifs is 5. The fourth-order valence-electron chi connectivity index (χ4n) is 4.65. The van der Waals surface area contributed by atoms with Crippen LogP contribution in [-0.2, 0) is 24.2 Å². The van der Waals surface area contributed by atoms with E-state index >= 15 is 0 Å². The minimum absolute atomic E-state index is 0.00426. The minimum atomic E-state index is -0.286. The number of carbonyl (C=O) groups is 1. The lowest BCUT2D eigenvalue weighted by Crippen LogP contribution is -2.44. The highest BCUT2D eigenvalue weighted by Crippen LogP contribution is 2.38. The predicted octanol–water partition coefficient (Wildman–Crippen LogP) is 2.63. The number of nitrogens with zero attached hydrogens (tertiary/aromatic N) is 5. The van der Waals surface area contributed by atoms with Crippen LogP contribution in [0.2, 0.25) is 0 Å². The Balaban J connectivity index is 1.56. The monoisotopic (exact) mass is 399 g/mol. The van der Waals surface area contributed by atoms with Gasteiger partial charge in [-0.05, 0) is 56.9 Å². The molecule has 0 unspecified atom stereocenters. The van der Waals surface area contributed by atoms with E-state index in [1.54, 1.807) is 17.7 Å². The zero-order valence-corrected chi connectivity index (χ0v) is 17.2. The van der Waals surface area contributed by atoms with E-state index in [2.05, 4.69) is 23.9 Å². The van der Waals surface area contributed by atoms with Gasteiger partial charge >= 0.3 is 5.69 Å². The second-order valence-corrected chi connectivity index (χ2v) is 9.43. The van der Waals surface area contributed by atoms with Crippen molar-refractivity contribution >= 4 is 33.1 Å². The molecule has 1 fully saturated rings. The average Bonchev–Trinajstić information content (AvgIpc) is 3.19. The van der Waals surface area contributed by atoms with Gasteiger partial charge in [-0.15, -0.1) is 16.4 Å². The van der Waals surface area contributed by atoms with Gasteiger partial charge < -0.3 is 4.90 Å². The Hall–Kier alpha value is -2.22. The van der Waals surface area contributed by atoms with E-state index in [9.17, 15) is 9.59 Å². The maximum atomic E-state index is 12.9. The lowest BCUT2D eigenvalue weighted by molar-refractivity contribution is -0.135. The van der Waals surface area contributed by atoms with Gasteiger partial charge in [-0.2, -0.15) is 0 Å². The maximum Gasteiger partial charge on any atom is 0.352 e. The van der Waals surface area contributed by atoms with Crippen molar-refractivity contribution in [3.8, 4) is 0 Å². The number of carbonyl (C=O) groups excluding carboxylic acids is 1. The number of aryl methyl sites for hydroxylation is 1. The molecular weight excluding hydrogens is 374 g/mol. The SMILES string of the molecule is C[C@H]1CCc2c(sc3ncn4c(=O)n(CC(=O)N5CCCC[C@@H]5C)nc4c23)C1. The van der Waals surface area contributed by atoms with Crippen LogP contribution in [0.4, 0.5) is 0 Å². The normalized spacial score (nSPS) is 22.7. The average molecular weight is 400 g/mol. The maximum absolute atomic E-state index is 12.9. The summed E-state index contributed by atoms with van der Waals surface area (Å²) in [6.45, 7) is 5.12. The third kappa shape index (κ3) is 2.77. The van der Waals surface area contributed by atoms with E-state index in [0.717, 1.165) is 55.3 Å². The Morgan fingerprint density at radius 2 is 2.14 bits per heavy atom. The molecule has 1 amide bonds. The summed E-state index contributed by atoms with van der Waals surface area (Å²) in [5, 5.41) is 5.59. The van der Waals surface area contributed by atoms with Crippen LogP contribution in [0.25, 0.3) is 15.9 Å². The van der Waals surface area contributed by atoms with Gasteiger partial charge in [0.2, 0.25) is 5.91 Å². The molecule has 1 aliphatic carbocycles. The van der Waals surface area contributed by atoms with Gasteiger partial charge in [-0.3, -0.25) is 4.79 Å². The molecule has 0 spiro atoms. The summed E-state index contributed by atoms with van der Waals surface area (Å²) in [4.78, 5) is 34.4. The fraction of sp³-hybridized carbons (Fsp3) is 0.600. The van der Waals surface area contributed by atoms with Gasteiger partial charge in [0.25, 0.3) is 0 Å². The largest absolute Gasteiger partial charge is 0.352 e. The summed E-state index contributed by atoms with van der Waals surface area (Å²) >= 11 is 1.72. The van der Waals surface area contributed by atoms with E-state index in [1.165, 1.54) is 19.5 Å². The number of piperidine rings is 1. The summed E-state index contributed by atoms with van der Waals surface area (Å²) in [6, 6.07) is 0.230. The Morgan fingerprint density at radius 3 is 2.96 bits per heavy atom. The van der Waals surface area contributed by atoms with E-state index < -0.39 is 0 Å². The van der Waals surface area contributed by atoms with Crippen molar-refractivity contribution in [1.29, 1.82) is 0 Å². The molecular formula is C20H25N5O2S. The third-order valence-corrected chi connectivity index (χ3v) is 7.45. The molecule has 1 aliphatic heterocycles. The van der Waals surface area contributed by atoms with Crippen LogP contribution in [0.5, 0.6) is 0 Å². The molecule has 0 aromatic carbocycles. The number of likely N-dealkylation sites (tertiary alicyclic amines) is 1. The van der Waals surface area contributed by atoms with Crippen molar-refractivity contribution in [3.63, 3.8) is 0 Å². The number of hydrogen-bond acceptors (Lipinski definition) is 5. The van der Waals surface area contributed by atoms with Crippen LogP contribution in [0.1, 0.15) is 50.0 Å². The summed E-state index contributed by atoms with van der Waals surface area (Å²) < 4.78 is 2.82. The first kappa shape index (κ1) is 17.8. The van der Waals surface area contributed by atoms with E-state index in [4.69, 9.17) is 0 Å². The molecule has 0 N–H and O–H groups in total. The third-order valence-electron chi connectivity index (χ3n) is 6.29. The Morgan fingerprint density at radius 1 is 1.29 bits per heavy atom. The van der Waals surface area contributed by atoms with E-state index in [1.807, 2.05) is 4.90 Å². The quantitative estimate of drug-likeness (QED) is 0.664. The van der Waals surface area contributed by atoms with Crippen molar-refractivity contribution in [1.82, 2.24) is 24.1 Å². The molecule has 0 saturated carbocycles. The summed E-state index contributed by atoms with van der Waals surface area (Å²) in [5.41, 5.74) is 1.65. The first-order chi connectivity index (χ1) is 13.5. The number of aromatic nitrogens is 4. The second-order valence-electron chi connectivity index (χ2n) is 8.34. The molecule has 7 nitrogen and oxygen atoms in total. The van der Waals surface area contributed by atoms with Crippen LogP contribution < -0.4 is 5.69 Å². The van der Waals surface area contributed by atoms with Crippen molar-refractivity contribution in [3.05, 3.63) is 27.3 Å². The van der Waals surface area contributed by atoms with Crippen molar-refractivity contribution in [2.45, 2.75) is 65.0 Å². The van der Waals surface area contributed by atoms with Crippen LogP contribution in [0.15, 0.2) is 11.1 Å². The highest BCUT2D eigenvalue weighted by atomic mass is 32.1. The molecule has 28 heavy (non-hydrogen) atoms. The second kappa shape index (κ2) is 6.69. The first-order valence-electron chi connectivity index (χ1n) is 10.2. The molecule has 5 rings (SSSR count). The highest BCUT2D eigenvalue weighted by Gasteiger charge is 2.26. The number of amides is 1. The van der Waals surface area contributed by atoms with E-state index in [0.29, 0.717) is 11.6 Å². The molecule has 3 aromatic heterocycles. The topological polar surface area (TPSA) is 72.5 Å². The summed E-state index contributed by atoms with van der Waals surface area (Å²) in [5.74, 6) is 0.656. The Kier molecular flexibility index (Phi) is 4.26. The molecule has 148 valence electrons. The summed E-state index contributed by atoms with van der Waals surface area (Å²) in [6.07, 6.45) is 7.99. The van der Waals surface area contributed by atoms with Gasteiger partial charge in [-0.1, -0.05) is 6.92 Å². The van der Waals surface area contributed by atoms with Crippen LogP contribution >= 0.6 is 11.3 Å². The standard InChI is InChI=1S/C20H25N5O2S/c1-12-6-7-14-15(9-12)28-19-17(14)18-22-25(20(27)24(18)11-21-19)10-16(26)23-8-4-3-5-13(23)2/h11-13H,3-10H2,1-2H3/t12-,13-/m0/s1. The molecule has 1 saturated heterocycles. The van der Waals surface area contributed by atoms with Crippen LogP contribution in [-0.4, -0.2) is 42.6 Å². The van der Waals surface area contributed by atoms with Crippen LogP contribution in [0.3, 0.4) is 0 Å². The van der Waals surface area contributed by atoms with E-state index in [-0.39, 0.29) is 24.2 Å². The van der Waals surface area contributed by atoms with Gasteiger partial charge in [-0.25, -0.2) is 18.9 Å². The minimum Gasteiger partial charge on any atom is -0.338 e. The number of rotatable bonds is 2. The lowest BCUT2D eigenvalue weighted by Gasteiger charge is -2.33. The molecule has 2 aliphatic rings. The fourth-order valence-corrected chi connectivity index (χ4v) is 6.00. The van der Waals surface area contributed by atoms with Gasteiger partial charge in [0.15, 0.2) is 5.65 Å². The molecule has 3 aromatic rings. The Bertz CT molecular complexity index is 1130. The van der Waals surface area contributed by atoms with Crippen molar-refractivity contribution in [2.24, 2.45) is 5.92 Å². The molecule has 0 bridgehead atoms. The highest BCUT2D eigenvalue weighted by molar-refractivity contribution is 7.19. The van der Waals surface area contributed by atoms with Crippen molar-refractivity contribution in [2.75, 3.05) is 6.54 Å². The zero-order valence-electron chi connectivity index (χ0n) is 16.3. The molecule has 0 radical (unpaired) electrons. The Labute approximate surface area is 167 Å². The van der Waals surface area contributed by atoms with Crippen molar-refractivity contribution < 1.29 is 4.79 Å².